The molecule has 180 valence electrons. The molecule has 10 heteroatoms. The van der Waals surface area contributed by atoms with Crippen molar-refractivity contribution in [2.75, 3.05) is 13.7 Å². The summed E-state index contributed by atoms with van der Waals surface area (Å²) in [6.45, 7) is -0.290. The summed E-state index contributed by atoms with van der Waals surface area (Å²) < 4.78 is 17.7. The Morgan fingerprint density at radius 3 is 2.72 bits per heavy atom. The van der Waals surface area contributed by atoms with Gasteiger partial charge in [-0.05, 0) is 57.9 Å². The molecule has 5 rings (SSSR count). The van der Waals surface area contributed by atoms with Gasteiger partial charge in [0.1, 0.15) is 5.58 Å². The van der Waals surface area contributed by atoms with E-state index in [0.717, 1.165) is 5.39 Å². The van der Waals surface area contributed by atoms with E-state index in [0.29, 0.717) is 32.3 Å². The first kappa shape index (κ1) is 23.8. The zero-order valence-electron chi connectivity index (χ0n) is 18.8. The average Bonchev–Trinajstić information content (AvgIpc) is 3.31. The number of hydrogen-bond donors (Lipinski definition) is 0. The fourth-order valence-corrected chi connectivity index (χ4v) is 4.58. The first-order chi connectivity index (χ1) is 17.4. The van der Waals surface area contributed by atoms with E-state index < -0.39 is 5.97 Å². The summed E-state index contributed by atoms with van der Waals surface area (Å²) in [6.07, 6.45) is 1.48. The Balaban J connectivity index is 1.59. The Kier molecular flexibility index (Phi) is 6.58. The van der Waals surface area contributed by atoms with Crippen molar-refractivity contribution in [1.82, 2.24) is 9.66 Å². The molecule has 0 radical (unpaired) electrons. The minimum absolute atomic E-state index is 0.246. The Labute approximate surface area is 217 Å². The topological polar surface area (TPSA) is 95.9 Å². The van der Waals surface area contributed by atoms with E-state index >= 15 is 0 Å². The number of fused-ring (bicyclic) bond motifs is 2. The fourth-order valence-electron chi connectivity index (χ4n) is 3.59. The van der Waals surface area contributed by atoms with Crippen LogP contribution >= 0.6 is 27.5 Å². The first-order valence-electron chi connectivity index (χ1n) is 10.7. The number of furan rings is 1. The number of para-hydroxylation sites is 2. The molecule has 0 saturated heterocycles. The normalized spacial score (nSPS) is 11.4. The second kappa shape index (κ2) is 9.96. The van der Waals surface area contributed by atoms with Crippen molar-refractivity contribution in [1.29, 1.82) is 0 Å². The number of aromatic nitrogens is 2. The zero-order valence-corrected chi connectivity index (χ0v) is 21.1. The molecule has 0 saturated carbocycles. The summed E-state index contributed by atoms with van der Waals surface area (Å²) in [5.41, 5.74) is 1.43. The number of rotatable bonds is 6. The quantitative estimate of drug-likeness (QED) is 0.194. The molecule has 2 heterocycles. The molecule has 3 aromatic carbocycles. The lowest BCUT2D eigenvalue weighted by Gasteiger charge is -2.10. The average molecular weight is 567 g/mol. The molecule has 5 aromatic rings. The van der Waals surface area contributed by atoms with E-state index in [1.807, 2.05) is 36.4 Å². The number of hydrogen-bond acceptors (Lipinski definition) is 7. The predicted molar refractivity (Wildman–Crippen MR) is 141 cm³/mol. The number of carbonyl (C=O) groups excluding carboxylic acids is 1. The van der Waals surface area contributed by atoms with Gasteiger partial charge in [0.25, 0.3) is 5.56 Å². The molecule has 0 aliphatic carbocycles. The van der Waals surface area contributed by atoms with Gasteiger partial charge in [-0.3, -0.25) is 4.79 Å². The summed E-state index contributed by atoms with van der Waals surface area (Å²) in [5, 5.41) is 5.98. The van der Waals surface area contributed by atoms with E-state index in [-0.39, 0.29) is 28.8 Å². The van der Waals surface area contributed by atoms with Crippen LogP contribution in [0.4, 0.5) is 0 Å². The molecule has 0 unspecified atom stereocenters. The minimum atomic E-state index is -0.537. The smallest absolute Gasteiger partial charge is 0.343 e. The molecule has 36 heavy (non-hydrogen) atoms. The van der Waals surface area contributed by atoms with Crippen molar-refractivity contribution in [3.63, 3.8) is 0 Å². The third-order valence-corrected chi connectivity index (χ3v) is 6.17. The van der Waals surface area contributed by atoms with E-state index in [4.69, 9.17) is 20.8 Å². The summed E-state index contributed by atoms with van der Waals surface area (Å²) in [7, 11) is 1.27. The molecule has 2 aromatic heterocycles. The molecule has 0 N–H and O–H groups in total. The first-order valence-corrected chi connectivity index (χ1v) is 11.9. The maximum atomic E-state index is 13.4. The number of nitrogens with zero attached hydrogens (tertiary/aromatic N) is 3. The van der Waals surface area contributed by atoms with Crippen molar-refractivity contribution < 1.29 is 18.7 Å². The SMILES string of the molecule is COC(=O)COc1c(Cl)cc(C=Nn2c(-c3cc4ccccc4o3)nc3ccccc3c2=O)cc1Br. The van der Waals surface area contributed by atoms with Crippen LogP contribution in [0.25, 0.3) is 33.5 Å². The molecular formula is C26H17BrClN3O5. The van der Waals surface area contributed by atoms with Gasteiger partial charge in [0.2, 0.25) is 5.82 Å². The van der Waals surface area contributed by atoms with Gasteiger partial charge in [-0.2, -0.15) is 9.78 Å². The number of esters is 1. The second-order valence-electron chi connectivity index (χ2n) is 7.64. The van der Waals surface area contributed by atoms with Gasteiger partial charge in [-0.25, -0.2) is 9.78 Å². The molecule has 0 amide bonds. The Hall–Kier alpha value is -3.95. The summed E-state index contributed by atoms with van der Waals surface area (Å²) in [6, 6.07) is 19.7. The summed E-state index contributed by atoms with van der Waals surface area (Å²) in [4.78, 5) is 29.5. The lowest BCUT2D eigenvalue weighted by atomic mass is 10.2. The lowest BCUT2D eigenvalue weighted by Crippen LogP contribution is -2.20. The fraction of sp³-hybridized carbons (Fsp3) is 0.0769. The molecule has 0 bridgehead atoms. The summed E-state index contributed by atoms with van der Waals surface area (Å²) >= 11 is 9.76. The number of ether oxygens (including phenoxy) is 2. The highest BCUT2D eigenvalue weighted by Gasteiger charge is 2.17. The maximum absolute atomic E-state index is 13.4. The van der Waals surface area contributed by atoms with E-state index in [9.17, 15) is 9.59 Å². The van der Waals surface area contributed by atoms with Crippen molar-refractivity contribution in [2.24, 2.45) is 5.10 Å². The third kappa shape index (κ3) is 4.62. The van der Waals surface area contributed by atoms with E-state index in [1.165, 1.54) is 18.0 Å². The van der Waals surface area contributed by atoms with Gasteiger partial charge in [0.15, 0.2) is 18.1 Å². The van der Waals surface area contributed by atoms with Crippen molar-refractivity contribution in [3.05, 3.63) is 92.1 Å². The Morgan fingerprint density at radius 1 is 1.17 bits per heavy atom. The molecule has 0 spiro atoms. The van der Waals surface area contributed by atoms with Crippen LogP contribution < -0.4 is 10.3 Å². The van der Waals surface area contributed by atoms with Crippen LogP contribution in [0.15, 0.2) is 85.5 Å². The van der Waals surface area contributed by atoms with E-state index in [2.05, 4.69) is 30.8 Å². The van der Waals surface area contributed by atoms with Gasteiger partial charge in [-0.15, -0.1) is 0 Å². The molecule has 0 atom stereocenters. The van der Waals surface area contributed by atoms with E-state index in [1.54, 1.807) is 30.3 Å². The number of benzene rings is 3. The summed E-state index contributed by atoms with van der Waals surface area (Å²) in [5.74, 6) is 0.410. The second-order valence-corrected chi connectivity index (χ2v) is 8.90. The zero-order chi connectivity index (χ0) is 25.2. The highest BCUT2D eigenvalue weighted by Crippen LogP contribution is 2.34. The molecule has 0 aliphatic rings. The van der Waals surface area contributed by atoms with Crippen LogP contribution in [0.2, 0.25) is 5.02 Å². The van der Waals surface area contributed by atoms with Gasteiger partial charge in [0, 0.05) is 5.39 Å². The lowest BCUT2D eigenvalue weighted by molar-refractivity contribution is -0.142. The van der Waals surface area contributed by atoms with Crippen LogP contribution in [0, 0.1) is 0 Å². The standard InChI is InChI=1S/C26H17BrClN3O5/c1-34-23(32)14-35-24-18(27)10-15(11-19(24)28)13-29-31-25(22-12-16-6-2-5-9-21(16)36-22)30-20-8-4-3-7-17(20)26(31)33/h2-13H,14H2,1H3. The third-order valence-electron chi connectivity index (χ3n) is 5.30. The number of carbonyl (C=O) groups is 1. The molecule has 8 nitrogen and oxygen atoms in total. The van der Waals surface area contributed by atoms with Gasteiger partial charge < -0.3 is 13.9 Å². The van der Waals surface area contributed by atoms with Crippen LogP contribution in [0.1, 0.15) is 5.56 Å². The highest BCUT2D eigenvalue weighted by molar-refractivity contribution is 9.10. The largest absolute Gasteiger partial charge is 0.479 e. The van der Waals surface area contributed by atoms with Gasteiger partial charge >= 0.3 is 5.97 Å². The molecular weight excluding hydrogens is 550 g/mol. The minimum Gasteiger partial charge on any atom is -0.479 e. The highest BCUT2D eigenvalue weighted by atomic mass is 79.9. The van der Waals surface area contributed by atoms with Crippen molar-refractivity contribution in [2.45, 2.75) is 0 Å². The molecule has 0 aliphatic heterocycles. The van der Waals surface area contributed by atoms with Crippen LogP contribution in [0.3, 0.4) is 0 Å². The van der Waals surface area contributed by atoms with Gasteiger partial charge in [-0.1, -0.05) is 41.9 Å². The number of methoxy groups -OCH3 is 1. The maximum Gasteiger partial charge on any atom is 0.343 e. The Morgan fingerprint density at radius 2 is 1.94 bits per heavy atom. The van der Waals surface area contributed by atoms with Crippen molar-refractivity contribution in [3.8, 4) is 17.3 Å². The Bertz CT molecular complexity index is 1650. The monoisotopic (exact) mass is 565 g/mol. The molecule has 0 fully saturated rings. The van der Waals surface area contributed by atoms with Crippen LogP contribution in [0.5, 0.6) is 5.75 Å². The number of halogens is 2. The predicted octanol–water partition coefficient (Wildman–Crippen LogP) is 5.66. The van der Waals surface area contributed by atoms with Crippen LogP contribution in [-0.2, 0) is 9.53 Å². The van der Waals surface area contributed by atoms with Crippen molar-refractivity contribution >= 4 is 61.6 Å². The van der Waals surface area contributed by atoms with Crippen LogP contribution in [-0.4, -0.2) is 35.6 Å². The van der Waals surface area contributed by atoms with Gasteiger partial charge in [0.05, 0.1) is 33.7 Å².